The summed E-state index contributed by atoms with van der Waals surface area (Å²) in [7, 11) is 0. The second-order valence-electron chi connectivity index (χ2n) is 27.0. The van der Waals surface area contributed by atoms with Crippen LogP contribution in [-0.4, -0.2) is 0 Å². The summed E-state index contributed by atoms with van der Waals surface area (Å²) in [4.78, 5) is 5.19. The van der Waals surface area contributed by atoms with Gasteiger partial charge in [0.1, 0.15) is 11.2 Å². The maximum atomic E-state index is 7.63. The number of fused-ring (bicyclic) bond motifs is 10. The second-order valence-corrected chi connectivity index (χ2v) is 27.0. The SMILES string of the molecule is c1ccc(N(c2cc(C3CCCCC3)c3ccc4c(N(c5ccccc5)c5cccc6c5oc5c(C7CCCCC7)cc7ccccc7c56)cc(C5CCCCC5)c5ccc2c3c54)c2cccc3c2oc2c(C4CCCCC4)cc4ccccc4c23)cc1. The van der Waals surface area contributed by atoms with Gasteiger partial charge in [0.05, 0.1) is 22.7 Å². The minimum Gasteiger partial charge on any atom is -0.454 e. The molecule has 0 atom stereocenters. The summed E-state index contributed by atoms with van der Waals surface area (Å²) in [5.74, 6) is 1.86. The molecule has 434 valence electrons. The Bertz CT molecular complexity index is 4650. The molecule has 0 spiro atoms. The van der Waals surface area contributed by atoms with Crippen LogP contribution in [0, 0.1) is 0 Å². The largest absolute Gasteiger partial charge is 0.454 e. The number of nitrogens with zero attached hydrogens (tertiary/aromatic N) is 2. The van der Waals surface area contributed by atoms with Gasteiger partial charge in [0.25, 0.3) is 0 Å². The molecular weight excluding hydrogens is 1070 g/mol. The van der Waals surface area contributed by atoms with Gasteiger partial charge in [-0.25, -0.2) is 0 Å². The number of hydrogen-bond donors (Lipinski definition) is 0. The highest BCUT2D eigenvalue weighted by molar-refractivity contribution is 6.31. The van der Waals surface area contributed by atoms with Crippen molar-refractivity contribution in [2.45, 2.75) is 152 Å². The molecule has 0 N–H and O–H groups in total. The van der Waals surface area contributed by atoms with E-state index in [1.807, 2.05) is 0 Å². The zero-order valence-electron chi connectivity index (χ0n) is 50.6. The van der Waals surface area contributed by atoms with Crippen LogP contribution in [0.4, 0.5) is 34.1 Å². The molecule has 0 radical (unpaired) electrons. The number of benzene rings is 12. The number of hydrogen-bond acceptors (Lipinski definition) is 4. The molecule has 0 saturated heterocycles. The fourth-order valence-corrected chi connectivity index (χ4v) is 18.0. The molecule has 0 unspecified atom stereocenters. The van der Waals surface area contributed by atoms with Crippen molar-refractivity contribution in [1.82, 2.24) is 0 Å². The highest BCUT2D eigenvalue weighted by Gasteiger charge is 2.33. The van der Waals surface area contributed by atoms with E-state index in [0.717, 1.165) is 45.1 Å². The molecule has 88 heavy (non-hydrogen) atoms. The maximum Gasteiger partial charge on any atom is 0.159 e. The standard InChI is InChI=1S/C84H76N2O2/c1-7-25-53(26-8-1)69-51-75(85(59-35-15-5-16-36-59)73-43-23-41-67-79-61-39-21-19-33-57(61)49-71(83(79)87-81(67)73)55-29-11-3-12-30-55)65-48-46-64-70(54-27-9-2-10-28-54)52-76(66-47-45-63(69)77(65)78(64)66)86(60-37-17-6-18-38-60)74-44-24-42-68-80-62-40-22-20-34-58(62)50-72(84(80)88-82(68)74)56-31-13-4-14-32-56/h5-6,15-24,33-56H,1-4,7-14,25-32H2. The van der Waals surface area contributed by atoms with Crippen LogP contribution in [0.2, 0.25) is 0 Å². The van der Waals surface area contributed by atoms with Crippen molar-refractivity contribution in [3.05, 3.63) is 216 Å². The fraction of sp³-hybridized carbons (Fsp3) is 0.286. The molecule has 4 aliphatic carbocycles. The summed E-state index contributed by atoms with van der Waals surface area (Å²) in [5, 5.41) is 18.2. The lowest BCUT2D eigenvalue weighted by molar-refractivity contribution is 0.442. The molecule has 4 nitrogen and oxygen atoms in total. The van der Waals surface area contributed by atoms with Crippen LogP contribution in [0.1, 0.15) is 174 Å². The summed E-state index contributed by atoms with van der Waals surface area (Å²) in [5.41, 5.74) is 16.7. The number of para-hydroxylation sites is 4. The zero-order valence-corrected chi connectivity index (χ0v) is 50.6. The Morgan fingerprint density at radius 3 is 0.977 bits per heavy atom. The molecule has 0 bridgehead atoms. The van der Waals surface area contributed by atoms with Gasteiger partial charge in [0.15, 0.2) is 11.2 Å². The first-order chi connectivity index (χ1) is 43.7. The molecule has 4 aliphatic rings. The number of anilines is 6. The lowest BCUT2D eigenvalue weighted by atomic mass is 9.77. The smallest absolute Gasteiger partial charge is 0.159 e. The third-order valence-corrected chi connectivity index (χ3v) is 22.1. The molecule has 4 fully saturated rings. The number of rotatable bonds is 10. The fourth-order valence-electron chi connectivity index (χ4n) is 18.0. The van der Waals surface area contributed by atoms with Crippen LogP contribution >= 0.6 is 0 Å². The Hall–Kier alpha value is -8.60. The van der Waals surface area contributed by atoms with E-state index in [4.69, 9.17) is 8.83 Å². The number of furan rings is 2. The van der Waals surface area contributed by atoms with Gasteiger partial charge in [-0.3, -0.25) is 0 Å². The van der Waals surface area contributed by atoms with Crippen LogP contribution in [0.3, 0.4) is 0 Å². The van der Waals surface area contributed by atoms with Gasteiger partial charge in [-0.05, 0) is 201 Å². The summed E-state index contributed by atoms with van der Waals surface area (Å²) in [6, 6.07) is 74.9. The zero-order chi connectivity index (χ0) is 57.8. The van der Waals surface area contributed by atoms with Crippen LogP contribution in [0.5, 0.6) is 0 Å². The van der Waals surface area contributed by atoms with Crippen LogP contribution in [0.25, 0.3) is 97.7 Å². The van der Waals surface area contributed by atoms with Gasteiger partial charge in [0, 0.05) is 43.7 Å². The maximum absolute atomic E-state index is 7.63. The van der Waals surface area contributed by atoms with E-state index in [1.165, 1.54) is 237 Å². The minimum absolute atomic E-state index is 0.444. The van der Waals surface area contributed by atoms with Crippen molar-refractivity contribution in [3.63, 3.8) is 0 Å². The second kappa shape index (κ2) is 21.6. The molecule has 0 amide bonds. The first-order valence-electron chi connectivity index (χ1n) is 33.9. The third-order valence-electron chi connectivity index (χ3n) is 22.1. The van der Waals surface area contributed by atoms with Crippen molar-refractivity contribution < 1.29 is 8.83 Å². The lowest BCUT2D eigenvalue weighted by Gasteiger charge is -2.33. The quantitative estimate of drug-likeness (QED) is 0.128. The average Bonchev–Trinajstić information content (AvgIpc) is 0.907. The van der Waals surface area contributed by atoms with E-state index >= 15 is 0 Å². The van der Waals surface area contributed by atoms with E-state index in [9.17, 15) is 0 Å². The first-order valence-corrected chi connectivity index (χ1v) is 33.9. The van der Waals surface area contributed by atoms with Crippen LogP contribution < -0.4 is 9.80 Å². The summed E-state index contributed by atoms with van der Waals surface area (Å²) in [6.45, 7) is 0. The molecule has 18 rings (SSSR count). The topological polar surface area (TPSA) is 32.8 Å². The van der Waals surface area contributed by atoms with Gasteiger partial charge in [-0.2, -0.15) is 0 Å². The van der Waals surface area contributed by atoms with Gasteiger partial charge in [-0.15, -0.1) is 0 Å². The predicted octanol–water partition coefficient (Wildman–Crippen LogP) is 25.8. The summed E-state index contributed by atoms with van der Waals surface area (Å²) < 4.78 is 15.3. The Labute approximate surface area is 516 Å². The monoisotopic (exact) mass is 1140 g/mol. The Kier molecular flexibility index (Phi) is 12.9. The van der Waals surface area contributed by atoms with Gasteiger partial charge < -0.3 is 18.6 Å². The normalized spacial score (nSPS) is 17.1. The lowest BCUT2D eigenvalue weighted by Crippen LogP contribution is -2.14. The molecule has 2 aromatic heterocycles. The Morgan fingerprint density at radius 1 is 0.239 bits per heavy atom. The molecule has 14 aromatic rings. The molecule has 4 saturated carbocycles. The van der Waals surface area contributed by atoms with Crippen molar-refractivity contribution in [2.24, 2.45) is 0 Å². The first kappa shape index (κ1) is 52.5. The van der Waals surface area contributed by atoms with E-state index < -0.39 is 0 Å². The predicted molar refractivity (Wildman–Crippen MR) is 372 cm³/mol. The van der Waals surface area contributed by atoms with Crippen molar-refractivity contribution in [3.8, 4) is 0 Å². The third kappa shape index (κ3) is 8.44. The molecule has 4 heteroatoms. The van der Waals surface area contributed by atoms with E-state index in [1.54, 1.807) is 0 Å². The Balaban J connectivity index is 0.932. The van der Waals surface area contributed by atoms with Gasteiger partial charge in [-0.1, -0.05) is 211 Å². The van der Waals surface area contributed by atoms with E-state index in [-0.39, 0.29) is 0 Å². The molecule has 12 aromatic carbocycles. The van der Waals surface area contributed by atoms with Crippen molar-refractivity contribution >= 4 is 132 Å². The van der Waals surface area contributed by atoms with Crippen LogP contribution in [-0.2, 0) is 0 Å². The van der Waals surface area contributed by atoms with Gasteiger partial charge in [0.2, 0.25) is 0 Å². The molecule has 2 heterocycles. The average molecular weight is 1150 g/mol. The van der Waals surface area contributed by atoms with Crippen molar-refractivity contribution in [1.29, 1.82) is 0 Å². The Morgan fingerprint density at radius 2 is 0.580 bits per heavy atom. The molecule has 0 aliphatic heterocycles. The summed E-state index contributed by atoms with van der Waals surface area (Å²) >= 11 is 0. The van der Waals surface area contributed by atoms with E-state index in [0.29, 0.717) is 23.7 Å². The van der Waals surface area contributed by atoms with Crippen molar-refractivity contribution in [2.75, 3.05) is 9.80 Å². The van der Waals surface area contributed by atoms with Gasteiger partial charge >= 0.3 is 0 Å². The summed E-state index contributed by atoms with van der Waals surface area (Å²) in [6.07, 6.45) is 25.0. The highest BCUT2D eigenvalue weighted by atomic mass is 16.3. The molecular formula is C84H76N2O2. The van der Waals surface area contributed by atoms with Crippen LogP contribution in [0.15, 0.2) is 203 Å². The minimum atomic E-state index is 0.444. The highest BCUT2D eigenvalue weighted by Crippen LogP contribution is 2.56. The van der Waals surface area contributed by atoms with E-state index in [2.05, 4.69) is 204 Å².